The van der Waals surface area contributed by atoms with Gasteiger partial charge in [0.25, 0.3) is 17.4 Å². The number of halogens is 1. The van der Waals surface area contributed by atoms with E-state index in [2.05, 4.69) is 5.32 Å². The maximum absolute atomic E-state index is 13.7. The van der Waals surface area contributed by atoms with E-state index in [0.717, 1.165) is 0 Å². The van der Waals surface area contributed by atoms with Gasteiger partial charge in [-0.15, -0.1) is 0 Å². The van der Waals surface area contributed by atoms with Crippen LogP contribution in [0.4, 0.5) is 4.39 Å². The van der Waals surface area contributed by atoms with Crippen molar-refractivity contribution in [3.8, 4) is 0 Å². The molecule has 2 amide bonds. The second kappa shape index (κ2) is 8.65. The lowest BCUT2D eigenvalue weighted by atomic mass is 10.1. The maximum Gasteiger partial charge on any atom is 0.270 e. The van der Waals surface area contributed by atoms with Crippen LogP contribution in [0.15, 0.2) is 35.1 Å². The third-order valence-corrected chi connectivity index (χ3v) is 9.70. The summed E-state index contributed by atoms with van der Waals surface area (Å²) in [5.41, 5.74) is 0.487. The molecule has 1 N–H and O–H groups in total. The zero-order chi connectivity index (χ0) is 24.8. The van der Waals surface area contributed by atoms with E-state index in [-0.39, 0.29) is 43.3 Å². The van der Waals surface area contributed by atoms with Gasteiger partial charge in [0.15, 0.2) is 9.84 Å². The first-order valence-corrected chi connectivity index (χ1v) is 12.8. The third kappa shape index (κ3) is 4.15. The van der Waals surface area contributed by atoms with Crippen molar-refractivity contribution in [2.45, 2.75) is 56.7 Å². The number of aromatic nitrogens is 1. The van der Waals surface area contributed by atoms with Crippen LogP contribution >= 0.6 is 0 Å². The Kier molecular flexibility index (Phi) is 6.14. The zero-order valence-corrected chi connectivity index (χ0v) is 20.2. The highest BCUT2D eigenvalue weighted by Gasteiger charge is 2.56. The Balaban J connectivity index is 1.50. The molecule has 0 saturated heterocycles. The lowest BCUT2D eigenvalue weighted by Crippen LogP contribution is -2.50. The molecule has 2 aliphatic rings. The molecule has 2 aromatic rings. The molecule has 1 aliphatic carbocycles. The molecule has 2 heterocycles. The van der Waals surface area contributed by atoms with E-state index in [9.17, 15) is 27.2 Å². The summed E-state index contributed by atoms with van der Waals surface area (Å²) >= 11 is 0. The average Bonchev–Trinajstić information content (AvgIpc) is 3.58. The summed E-state index contributed by atoms with van der Waals surface area (Å²) in [5.74, 6) is -1.41. The number of nitrogens with one attached hydrogen (secondary N) is 1. The number of amides is 2. The van der Waals surface area contributed by atoms with Gasteiger partial charge in [-0.25, -0.2) is 12.8 Å². The van der Waals surface area contributed by atoms with Gasteiger partial charge in [-0.1, -0.05) is 12.1 Å². The number of aryl methyl sites for hydroxylation is 1. The van der Waals surface area contributed by atoms with Crippen molar-refractivity contribution >= 4 is 21.7 Å². The second-order valence-electron chi connectivity index (χ2n) is 9.36. The summed E-state index contributed by atoms with van der Waals surface area (Å²) in [4.78, 5) is 40.1. The number of hydrogen-bond donors (Lipinski definition) is 1. The minimum absolute atomic E-state index is 0.0519. The molecule has 1 aromatic heterocycles. The monoisotopic (exact) mass is 489 g/mol. The van der Waals surface area contributed by atoms with E-state index < -0.39 is 37.2 Å². The fraction of sp³-hybridized carbons (Fsp3) is 0.458. The van der Waals surface area contributed by atoms with Crippen molar-refractivity contribution in [2.24, 2.45) is 0 Å². The van der Waals surface area contributed by atoms with Gasteiger partial charge in [0.2, 0.25) is 0 Å². The molecular weight excluding hydrogens is 461 g/mol. The van der Waals surface area contributed by atoms with Gasteiger partial charge in [0.05, 0.1) is 10.00 Å². The standard InChI is InChI=1S/C24H28FN3O5S/c1-15(2)34(32,33)24(8-9-24)14-27-10-11-28-20(23(27)31)7-6-18(22(28)30)21(29)26-13-17-5-4-16(3)19(25)12-17/h4-7,12,15H,8-11,13-14H2,1-3H3,(H,26,29). The van der Waals surface area contributed by atoms with Crippen LogP contribution < -0.4 is 10.9 Å². The fourth-order valence-corrected chi connectivity index (χ4v) is 6.35. The molecule has 0 atom stereocenters. The molecule has 1 aromatic carbocycles. The molecule has 0 radical (unpaired) electrons. The Hall–Kier alpha value is -3.01. The average molecular weight is 490 g/mol. The van der Waals surface area contributed by atoms with Gasteiger partial charge in [0.1, 0.15) is 17.1 Å². The molecular formula is C24H28FN3O5S. The van der Waals surface area contributed by atoms with E-state index in [1.54, 1.807) is 32.9 Å². The number of fused-ring (bicyclic) bond motifs is 1. The summed E-state index contributed by atoms with van der Waals surface area (Å²) in [6.07, 6.45) is 1.04. The van der Waals surface area contributed by atoms with Gasteiger partial charge in [-0.3, -0.25) is 14.4 Å². The minimum Gasteiger partial charge on any atom is -0.348 e. The summed E-state index contributed by atoms with van der Waals surface area (Å²) < 4.78 is 39.6. The molecule has 4 rings (SSSR count). The molecule has 1 fully saturated rings. The fourth-order valence-electron chi connectivity index (χ4n) is 4.34. The molecule has 8 nitrogen and oxygen atoms in total. The van der Waals surface area contributed by atoms with Crippen molar-refractivity contribution in [1.29, 1.82) is 0 Å². The molecule has 1 saturated carbocycles. The summed E-state index contributed by atoms with van der Waals surface area (Å²) in [7, 11) is -3.36. The van der Waals surface area contributed by atoms with Crippen LogP contribution in [0, 0.1) is 12.7 Å². The normalized spacial score (nSPS) is 17.0. The van der Waals surface area contributed by atoms with Crippen molar-refractivity contribution in [3.05, 3.63) is 68.9 Å². The largest absolute Gasteiger partial charge is 0.348 e. The van der Waals surface area contributed by atoms with Crippen molar-refractivity contribution in [3.63, 3.8) is 0 Å². The van der Waals surface area contributed by atoms with E-state index in [0.29, 0.717) is 24.0 Å². The topological polar surface area (TPSA) is 106 Å². The lowest BCUT2D eigenvalue weighted by molar-refractivity contribution is 0.0694. The van der Waals surface area contributed by atoms with Crippen molar-refractivity contribution in [1.82, 2.24) is 14.8 Å². The molecule has 34 heavy (non-hydrogen) atoms. The summed E-state index contributed by atoms with van der Waals surface area (Å²) in [6.45, 7) is 5.44. The predicted molar refractivity (Wildman–Crippen MR) is 125 cm³/mol. The lowest BCUT2D eigenvalue weighted by Gasteiger charge is -2.33. The second-order valence-corrected chi connectivity index (χ2v) is 12.3. The van der Waals surface area contributed by atoms with Gasteiger partial charge in [0, 0.05) is 26.2 Å². The van der Waals surface area contributed by atoms with Crippen molar-refractivity contribution in [2.75, 3.05) is 13.1 Å². The number of nitrogens with zero attached hydrogens (tertiary/aromatic N) is 2. The number of rotatable bonds is 7. The van der Waals surface area contributed by atoms with Gasteiger partial charge in [-0.2, -0.15) is 0 Å². The molecule has 10 heteroatoms. The number of carbonyl (C=O) groups is 2. The summed E-state index contributed by atoms with van der Waals surface area (Å²) in [6, 6.07) is 7.36. The Bertz CT molecular complexity index is 1330. The van der Waals surface area contributed by atoms with Gasteiger partial charge < -0.3 is 14.8 Å². The number of sulfone groups is 1. The summed E-state index contributed by atoms with van der Waals surface area (Å²) in [5, 5.41) is 2.09. The Labute approximate surface area is 197 Å². The highest BCUT2D eigenvalue weighted by atomic mass is 32.2. The van der Waals surface area contributed by atoms with Crippen LogP contribution in [0.3, 0.4) is 0 Å². The predicted octanol–water partition coefficient (Wildman–Crippen LogP) is 2.04. The van der Waals surface area contributed by atoms with Gasteiger partial charge in [-0.05, 0) is 62.9 Å². The quantitative estimate of drug-likeness (QED) is 0.641. The highest BCUT2D eigenvalue weighted by molar-refractivity contribution is 7.93. The van der Waals surface area contributed by atoms with E-state index in [1.165, 1.54) is 27.7 Å². The molecule has 0 spiro atoms. The smallest absolute Gasteiger partial charge is 0.270 e. The third-order valence-electron chi connectivity index (χ3n) is 6.72. The number of pyridine rings is 1. The minimum atomic E-state index is -3.36. The molecule has 0 bridgehead atoms. The first-order chi connectivity index (χ1) is 16.0. The van der Waals surface area contributed by atoms with Crippen LogP contribution in [0.1, 0.15) is 58.7 Å². The van der Waals surface area contributed by atoms with Crippen molar-refractivity contribution < 1.29 is 22.4 Å². The van der Waals surface area contributed by atoms with E-state index in [1.807, 2.05) is 0 Å². The molecule has 0 unspecified atom stereocenters. The van der Waals surface area contributed by atoms with Gasteiger partial charge >= 0.3 is 0 Å². The number of carbonyl (C=O) groups excluding carboxylic acids is 2. The zero-order valence-electron chi connectivity index (χ0n) is 19.4. The van der Waals surface area contributed by atoms with Crippen LogP contribution in [-0.4, -0.2) is 52.8 Å². The SMILES string of the molecule is Cc1ccc(CNC(=O)c2ccc3n(c2=O)CCN(CC2(S(=O)(=O)C(C)C)CC2)C3=O)cc1F. The van der Waals surface area contributed by atoms with E-state index in [4.69, 9.17) is 0 Å². The maximum atomic E-state index is 13.7. The van der Waals surface area contributed by atoms with Crippen LogP contribution in [0.25, 0.3) is 0 Å². The number of benzene rings is 1. The van der Waals surface area contributed by atoms with E-state index >= 15 is 0 Å². The molecule has 1 aliphatic heterocycles. The van der Waals surface area contributed by atoms with Crippen LogP contribution in [0.5, 0.6) is 0 Å². The Morgan fingerprint density at radius 3 is 2.47 bits per heavy atom. The highest BCUT2D eigenvalue weighted by Crippen LogP contribution is 2.46. The van der Waals surface area contributed by atoms with Crippen LogP contribution in [-0.2, 0) is 22.9 Å². The first kappa shape index (κ1) is 24.1. The molecule has 182 valence electrons. The van der Waals surface area contributed by atoms with Crippen LogP contribution in [0.2, 0.25) is 0 Å². The Morgan fingerprint density at radius 2 is 1.85 bits per heavy atom. The Morgan fingerprint density at radius 1 is 1.15 bits per heavy atom. The first-order valence-electron chi connectivity index (χ1n) is 11.3. The number of hydrogen-bond acceptors (Lipinski definition) is 5.